The number of thioether (sulfide) groups is 4. The van der Waals surface area contributed by atoms with Gasteiger partial charge in [-0.15, -0.1) is 0 Å². The van der Waals surface area contributed by atoms with E-state index >= 15 is 0 Å². The Bertz CT molecular complexity index is 1870. The lowest BCUT2D eigenvalue weighted by Crippen LogP contribution is -2.43. The summed E-state index contributed by atoms with van der Waals surface area (Å²) in [4.78, 5) is 2.84. The predicted molar refractivity (Wildman–Crippen MR) is 223 cm³/mol. The predicted octanol–water partition coefficient (Wildman–Crippen LogP) is 8.97. The van der Waals surface area contributed by atoms with Crippen LogP contribution in [-0.2, 0) is 0 Å². The van der Waals surface area contributed by atoms with E-state index in [2.05, 4.69) is 182 Å². The fourth-order valence-corrected chi connectivity index (χ4v) is 21.5. The molecule has 0 aromatic heterocycles. The zero-order valence-corrected chi connectivity index (χ0v) is 31.7. The Morgan fingerprint density at radius 1 is 0.271 bits per heavy atom. The molecule has 2 heterocycles. The van der Waals surface area contributed by atoms with Crippen molar-refractivity contribution in [2.45, 2.75) is 0 Å². The van der Waals surface area contributed by atoms with Crippen LogP contribution >= 0.6 is 47.0 Å². The van der Waals surface area contributed by atoms with Gasteiger partial charge in [0.25, 0.3) is 0 Å². The smallest absolute Gasteiger partial charge is 0.0883 e. The van der Waals surface area contributed by atoms with Crippen LogP contribution in [0.25, 0.3) is 9.81 Å². The monoisotopic (exact) mass is 720 g/mol. The van der Waals surface area contributed by atoms with E-state index < -0.39 is 17.6 Å². The lowest BCUT2D eigenvalue weighted by molar-refractivity contribution is 1.65. The summed E-state index contributed by atoms with van der Waals surface area (Å²) >= 11 is 8.07. The standard InChI is InChI=1S/C42H32S4Si2/c1-7-19-31(20-8-1)37-41(47(33-23-11-3-12-24-33)34-25-13-4-14-26-34)45-39(43-37)40-44-38(32-21-9-2-10-22-32)42(46-40)48(35-27-15-5-16-28-35)36-29-17-6-18-30-36/h1-30,47-48H/b40-39+. The second-order valence-corrected chi connectivity index (χ2v) is 22.7. The van der Waals surface area contributed by atoms with Gasteiger partial charge in [0.15, 0.2) is 0 Å². The van der Waals surface area contributed by atoms with E-state index in [4.69, 9.17) is 0 Å². The van der Waals surface area contributed by atoms with Crippen LogP contribution in [-0.4, -0.2) is 17.6 Å². The maximum Gasteiger partial charge on any atom is 0.142 e. The van der Waals surface area contributed by atoms with Gasteiger partial charge in [0, 0.05) is 9.81 Å². The van der Waals surface area contributed by atoms with E-state index in [0.29, 0.717) is 0 Å². The van der Waals surface area contributed by atoms with Crippen LogP contribution in [0.2, 0.25) is 0 Å². The summed E-state index contributed by atoms with van der Waals surface area (Å²) in [6, 6.07) is 67.1. The highest BCUT2D eigenvalue weighted by molar-refractivity contribution is 8.38. The van der Waals surface area contributed by atoms with Gasteiger partial charge in [0.2, 0.25) is 0 Å². The first kappa shape index (κ1) is 31.6. The summed E-state index contributed by atoms with van der Waals surface area (Å²) in [5.41, 5.74) is 2.63. The first-order chi connectivity index (χ1) is 23.8. The Kier molecular flexibility index (Phi) is 9.80. The van der Waals surface area contributed by atoms with Gasteiger partial charge in [-0.2, -0.15) is 0 Å². The highest BCUT2D eigenvalue weighted by Crippen LogP contribution is 2.63. The minimum atomic E-state index is -1.76. The molecular formula is C42H32S4Si2. The van der Waals surface area contributed by atoms with Gasteiger partial charge < -0.3 is 0 Å². The molecule has 8 rings (SSSR count). The van der Waals surface area contributed by atoms with E-state index in [0.717, 1.165) is 0 Å². The number of hydrogen-bond acceptors (Lipinski definition) is 4. The summed E-state index contributed by atoms with van der Waals surface area (Å²) in [5, 5.41) is 5.84. The number of hydrogen-bond donors (Lipinski definition) is 0. The summed E-state index contributed by atoms with van der Waals surface area (Å²) in [7, 11) is -3.51. The Hall–Kier alpha value is -3.63. The fourth-order valence-electron chi connectivity index (χ4n) is 6.32. The molecule has 6 aromatic carbocycles. The molecule has 0 atom stereocenters. The van der Waals surface area contributed by atoms with E-state index in [1.807, 2.05) is 47.0 Å². The molecule has 0 bridgehead atoms. The largest absolute Gasteiger partial charge is 0.142 e. The van der Waals surface area contributed by atoms with Gasteiger partial charge in [-0.25, -0.2) is 0 Å². The van der Waals surface area contributed by atoms with Crippen LogP contribution in [0.1, 0.15) is 11.1 Å². The van der Waals surface area contributed by atoms with E-state index in [1.165, 1.54) is 50.2 Å². The molecule has 0 N–H and O–H groups in total. The van der Waals surface area contributed by atoms with Crippen LogP contribution in [0, 0.1) is 0 Å². The third kappa shape index (κ3) is 6.66. The van der Waals surface area contributed by atoms with Gasteiger partial charge in [-0.1, -0.05) is 250 Å². The summed E-state index contributed by atoms with van der Waals surface area (Å²) in [6.45, 7) is 0. The Balaban J connectivity index is 1.26. The van der Waals surface area contributed by atoms with Crippen molar-refractivity contribution in [2.24, 2.45) is 0 Å². The number of rotatable bonds is 8. The molecule has 2 aliphatic heterocycles. The third-order valence-corrected chi connectivity index (χ3v) is 22.4. The van der Waals surface area contributed by atoms with Crippen molar-refractivity contribution in [3.8, 4) is 0 Å². The maximum atomic E-state index is 2.35. The minimum absolute atomic E-state index is 1.32. The molecule has 6 heteroatoms. The van der Waals surface area contributed by atoms with Crippen LogP contribution in [0.15, 0.2) is 200 Å². The topological polar surface area (TPSA) is 0 Å². The van der Waals surface area contributed by atoms with E-state index in [-0.39, 0.29) is 0 Å². The summed E-state index contributed by atoms with van der Waals surface area (Å²) in [6.07, 6.45) is 0. The molecule has 48 heavy (non-hydrogen) atoms. The Morgan fingerprint density at radius 3 is 0.792 bits per heavy atom. The molecular weight excluding hydrogens is 689 g/mol. The van der Waals surface area contributed by atoms with Crippen molar-refractivity contribution < 1.29 is 0 Å². The molecule has 0 saturated carbocycles. The third-order valence-electron chi connectivity index (χ3n) is 8.54. The molecule has 0 aliphatic carbocycles. The van der Waals surface area contributed by atoms with E-state index in [1.54, 1.807) is 9.06 Å². The second-order valence-electron chi connectivity index (χ2n) is 11.6. The second kappa shape index (κ2) is 14.9. The lowest BCUT2D eigenvalue weighted by Gasteiger charge is -2.19. The van der Waals surface area contributed by atoms with Gasteiger partial charge in [-0.05, 0) is 20.2 Å². The normalized spacial score (nSPS) is 16.4. The van der Waals surface area contributed by atoms with Crippen molar-refractivity contribution in [2.75, 3.05) is 0 Å². The molecule has 232 valence electrons. The molecule has 2 aliphatic rings. The molecule has 0 spiro atoms. The number of benzene rings is 6. The Morgan fingerprint density at radius 2 is 0.521 bits per heavy atom. The first-order valence-electron chi connectivity index (χ1n) is 16.1. The first-order valence-corrected chi connectivity index (χ1v) is 22.8. The van der Waals surface area contributed by atoms with Crippen molar-refractivity contribution in [1.82, 2.24) is 0 Å². The van der Waals surface area contributed by atoms with Gasteiger partial charge >= 0.3 is 0 Å². The molecule has 0 saturated heterocycles. The quantitative estimate of drug-likeness (QED) is 0.144. The lowest BCUT2D eigenvalue weighted by atomic mass is 10.2. The van der Waals surface area contributed by atoms with Crippen molar-refractivity contribution >= 4 is 95.2 Å². The van der Waals surface area contributed by atoms with Crippen LogP contribution < -0.4 is 20.7 Å². The Labute approximate surface area is 303 Å². The summed E-state index contributed by atoms with van der Waals surface area (Å²) in [5.74, 6) is 0. The zero-order chi connectivity index (χ0) is 32.1. The van der Waals surface area contributed by atoms with Crippen molar-refractivity contribution in [3.05, 3.63) is 211 Å². The van der Waals surface area contributed by atoms with Crippen molar-refractivity contribution in [3.63, 3.8) is 0 Å². The fraction of sp³-hybridized carbons (Fsp3) is 0. The highest BCUT2D eigenvalue weighted by Gasteiger charge is 2.37. The molecule has 0 amide bonds. The van der Waals surface area contributed by atoms with E-state index in [9.17, 15) is 0 Å². The summed E-state index contributed by atoms with van der Waals surface area (Å²) < 4.78 is 5.92. The van der Waals surface area contributed by atoms with Crippen LogP contribution in [0.5, 0.6) is 0 Å². The molecule has 0 fully saturated rings. The minimum Gasteiger partial charge on any atom is -0.0883 e. The maximum absolute atomic E-state index is 2.35. The van der Waals surface area contributed by atoms with Gasteiger partial charge in [0.05, 0.1) is 8.47 Å². The highest BCUT2D eigenvalue weighted by atomic mass is 32.2. The SMILES string of the molecule is c1ccc(C2=C([SiH](c3ccccc3)c3ccccc3)S/C(=C3\SC(c4ccccc4)=C([SiH](c4ccccc4)c4ccccc4)S3)S2)cc1. The molecule has 0 nitrogen and oxygen atoms in total. The zero-order valence-electron chi connectivity index (χ0n) is 26.1. The van der Waals surface area contributed by atoms with Gasteiger partial charge in [-0.3, -0.25) is 0 Å². The average molecular weight is 721 g/mol. The molecule has 0 unspecified atom stereocenters. The molecule has 0 radical (unpaired) electrons. The average Bonchev–Trinajstić information content (AvgIpc) is 3.80. The van der Waals surface area contributed by atoms with Crippen LogP contribution in [0.4, 0.5) is 0 Å². The van der Waals surface area contributed by atoms with Gasteiger partial charge in [0.1, 0.15) is 17.6 Å². The van der Waals surface area contributed by atoms with Crippen LogP contribution in [0.3, 0.4) is 0 Å². The molecule has 6 aromatic rings. The van der Waals surface area contributed by atoms with Crippen molar-refractivity contribution in [1.29, 1.82) is 0 Å².